The van der Waals surface area contributed by atoms with Crippen LogP contribution in [0.25, 0.3) is 10.9 Å². The first-order chi connectivity index (χ1) is 10.2. The van der Waals surface area contributed by atoms with Gasteiger partial charge in [0.15, 0.2) is 0 Å². The predicted molar refractivity (Wildman–Crippen MR) is 77.7 cm³/mol. The van der Waals surface area contributed by atoms with Gasteiger partial charge in [0.25, 0.3) is 0 Å². The second kappa shape index (κ2) is 5.22. The number of ether oxygens (including phenoxy) is 1. The van der Waals surface area contributed by atoms with Crippen LogP contribution in [0.4, 0.5) is 4.39 Å². The molecule has 102 valence electrons. The largest absolute Gasteiger partial charge is 0.439 e. The molecule has 0 spiro atoms. The van der Waals surface area contributed by atoms with E-state index in [1.54, 1.807) is 12.1 Å². The van der Waals surface area contributed by atoms with Crippen LogP contribution in [0, 0.1) is 24.1 Å². The van der Waals surface area contributed by atoms with Crippen molar-refractivity contribution < 1.29 is 9.13 Å². The highest BCUT2D eigenvalue weighted by molar-refractivity contribution is 5.85. The van der Waals surface area contributed by atoms with Crippen LogP contribution in [-0.4, -0.2) is 4.98 Å². The Morgan fingerprint density at radius 2 is 1.95 bits per heavy atom. The van der Waals surface area contributed by atoms with Crippen molar-refractivity contribution >= 4 is 10.9 Å². The minimum absolute atomic E-state index is 0.277. The van der Waals surface area contributed by atoms with E-state index in [1.165, 1.54) is 12.1 Å². The van der Waals surface area contributed by atoms with Gasteiger partial charge in [-0.2, -0.15) is 5.26 Å². The molecule has 0 amide bonds. The lowest BCUT2D eigenvalue weighted by atomic mass is 10.1. The molecular formula is C17H11FN2O. The summed E-state index contributed by atoms with van der Waals surface area (Å²) in [5.74, 6) is 0.289. The monoisotopic (exact) mass is 278 g/mol. The van der Waals surface area contributed by atoms with Crippen LogP contribution in [0.3, 0.4) is 0 Å². The molecule has 0 aliphatic carbocycles. The lowest BCUT2D eigenvalue weighted by Gasteiger charge is -2.09. The topological polar surface area (TPSA) is 45.9 Å². The number of aryl methyl sites for hydroxylation is 1. The molecule has 4 heteroatoms. The number of benzene rings is 2. The third-order valence-electron chi connectivity index (χ3n) is 3.18. The third kappa shape index (κ3) is 2.54. The summed E-state index contributed by atoms with van der Waals surface area (Å²) in [6.07, 6.45) is 0. The maximum atomic E-state index is 13.3. The standard InChI is InChI=1S/C17H11FN2O/c1-11-6-7-13(18)9-16(11)21-17-8-12(10-19)14-4-2-3-5-15(14)20-17/h2-9H,1H3. The first-order valence-corrected chi connectivity index (χ1v) is 6.41. The number of halogens is 1. The van der Waals surface area contributed by atoms with Gasteiger partial charge in [0.1, 0.15) is 17.6 Å². The van der Waals surface area contributed by atoms with Gasteiger partial charge in [0.2, 0.25) is 5.88 Å². The predicted octanol–water partition coefficient (Wildman–Crippen LogP) is 4.35. The minimum Gasteiger partial charge on any atom is -0.439 e. The fourth-order valence-corrected chi connectivity index (χ4v) is 2.09. The lowest BCUT2D eigenvalue weighted by molar-refractivity contribution is 0.456. The molecule has 0 aliphatic rings. The lowest BCUT2D eigenvalue weighted by Crippen LogP contribution is -1.93. The van der Waals surface area contributed by atoms with Crippen molar-refractivity contribution in [1.82, 2.24) is 4.98 Å². The molecule has 3 aromatic rings. The summed E-state index contributed by atoms with van der Waals surface area (Å²) in [5, 5.41) is 10.00. The average Bonchev–Trinajstić information content (AvgIpc) is 2.50. The Morgan fingerprint density at radius 1 is 1.14 bits per heavy atom. The zero-order valence-electron chi connectivity index (χ0n) is 11.3. The number of fused-ring (bicyclic) bond motifs is 1. The Morgan fingerprint density at radius 3 is 2.76 bits per heavy atom. The fraction of sp³-hybridized carbons (Fsp3) is 0.0588. The Kier molecular flexibility index (Phi) is 3.25. The number of para-hydroxylation sites is 1. The second-order valence-electron chi connectivity index (χ2n) is 4.65. The van der Waals surface area contributed by atoms with E-state index in [9.17, 15) is 9.65 Å². The zero-order chi connectivity index (χ0) is 14.8. The number of pyridine rings is 1. The number of rotatable bonds is 2. The molecule has 0 bridgehead atoms. The molecule has 0 atom stereocenters. The molecule has 0 unspecified atom stereocenters. The molecule has 1 heterocycles. The van der Waals surface area contributed by atoms with Gasteiger partial charge in [-0.05, 0) is 24.6 Å². The molecule has 0 N–H and O–H groups in total. The summed E-state index contributed by atoms with van der Waals surface area (Å²) >= 11 is 0. The molecule has 21 heavy (non-hydrogen) atoms. The third-order valence-corrected chi connectivity index (χ3v) is 3.18. The summed E-state index contributed by atoms with van der Waals surface area (Å²) in [7, 11) is 0. The van der Waals surface area contributed by atoms with Gasteiger partial charge in [0, 0.05) is 17.5 Å². The summed E-state index contributed by atoms with van der Waals surface area (Å²) < 4.78 is 18.9. The SMILES string of the molecule is Cc1ccc(F)cc1Oc1cc(C#N)c2ccccc2n1. The van der Waals surface area contributed by atoms with Crippen LogP contribution in [0.5, 0.6) is 11.6 Å². The zero-order valence-corrected chi connectivity index (χ0v) is 11.3. The van der Waals surface area contributed by atoms with Gasteiger partial charge >= 0.3 is 0 Å². The maximum Gasteiger partial charge on any atom is 0.221 e. The quantitative estimate of drug-likeness (QED) is 0.700. The smallest absolute Gasteiger partial charge is 0.221 e. The number of nitrogens with zero attached hydrogens (tertiary/aromatic N) is 2. The molecule has 0 aliphatic heterocycles. The summed E-state index contributed by atoms with van der Waals surface area (Å²) in [5.41, 5.74) is 1.94. The summed E-state index contributed by atoms with van der Waals surface area (Å²) in [4.78, 5) is 4.35. The summed E-state index contributed by atoms with van der Waals surface area (Å²) in [6.45, 7) is 1.82. The second-order valence-corrected chi connectivity index (χ2v) is 4.65. The Balaban J connectivity index is 2.09. The number of hydrogen-bond acceptors (Lipinski definition) is 3. The van der Waals surface area contributed by atoms with E-state index in [0.717, 1.165) is 10.9 Å². The van der Waals surface area contributed by atoms with E-state index >= 15 is 0 Å². The van der Waals surface area contributed by atoms with Crippen molar-refractivity contribution in [2.75, 3.05) is 0 Å². The normalized spacial score (nSPS) is 10.3. The molecule has 0 saturated heterocycles. The van der Waals surface area contributed by atoms with Gasteiger partial charge in [-0.25, -0.2) is 9.37 Å². The Hall–Kier alpha value is -2.93. The highest BCUT2D eigenvalue weighted by Gasteiger charge is 2.09. The highest BCUT2D eigenvalue weighted by Crippen LogP contribution is 2.27. The molecule has 0 fully saturated rings. The van der Waals surface area contributed by atoms with E-state index in [0.29, 0.717) is 16.8 Å². The molecule has 0 radical (unpaired) electrons. The van der Waals surface area contributed by atoms with Crippen LogP contribution in [0.1, 0.15) is 11.1 Å². The number of hydrogen-bond donors (Lipinski definition) is 0. The Bertz CT molecular complexity index is 868. The van der Waals surface area contributed by atoms with Gasteiger partial charge in [0.05, 0.1) is 11.1 Å². The van der Waals surface area contributed by atoms with E-state index in [1.807, 2.05) is 31.2 Å². The molecule has 2 aromatic carbocycles. The van der Waals surface area contributed by atoms with Gasteiger partial charge in [-0.1, -0.05) is 24.3 Å². The number of aromatic nitrogens is 1. The fourth-order valence-electron chi connectivity index (χ4n) is 2.09. The first-order valence-electron chi connectivity index (χ1n) is 6.41. The van der Waals surface area contributed by atoms with Crippen molar-refractivity contribution in [3.63, 3.8) is 0 Å². The van der Waals surface area contributed by atoms with Crippen LogP contribution in [-0.2, 0) is 0 Å². The van der Waals surface area contributed by atoms with Crippen molar-refractivity contribution in [3.05, 3.63) is 65.5 Å². The van der Waals surface area contributed by atoms with Crippen molar-refractivity contribution in [2.24, 2.45) is 0 Å². The Labute approximate surface area is 121 Å². The number of nitriles is 1. The van der Waals surface area contributed by atoms with Gasteiger partial charge in [-0.15, -0.1) is 0 Å². The minimum atomic E-state index is -0.378. The molecular weight excluding hydrogens is 267 g/mol. The van der Waals surface area contributed by atoms with Crippen LogP contribution < -0.4 is 4.74 Å². The first kappa shape index (κ1) is 13.1. The van der Waals surface area contributed by atoms with Crippen LogP contribution in [0.15, 0.2) is 48.5 Å². The molecule has 0 saturated carbocycles. The van der Waals surface area contributed by atoms with Crippen LogP contribution >= 0.6 is 0 Å². The molecule has 3 rings (SSSR count). The van der Waals surface area contributed by atoms with Crippen LogP contribution in [0.2, 0.25) is 0 Å². The molecule has 1 aromatic heterocycles. The van der Waals surface area contributed by atoms with Crippen molar-refractivity contribution in [2.45, 2.75) is 6.92 Å². The van der Waals surface area contributed by atoms with E-state index in [-0.39, 0.29) is 11.7 Å². The average molecular weight is 278 g/mol. The van der Waals surface area contributed by atoms with Crippen molar-refractivity contribution in [3.8, 4) is 17.7 Å². The maximum absolute atomic E-state index is 13.3. The molecule has 3 nitrogen and oxygen atoms in total. The van der Waals surface area contributed by atoms with Gasteiger partial charge < -0.3 is 4.74 Å². The van der Waals surface area contributed by atoms with Crippen molar-refractivity contribution in [1.29, 1.82) is 5.26 Å². The van der Waals surface area contributed by atoms with Gasteiger partial charge in [-0.3, -0.25) is 0 Å². The highest BCUT2D eigenvalue weighted by atomic mass is 19.1. The van der Waals surface area contributed by atoms with E-state index in [2.05, 4.69) is 11.1 Å². The van der Waals surface area contributed by atoms with E-state index < -0.39 is 0 Å². The summed E-state index contributed by atoms with van der Waals surface area (Å²) in [6, 6.07) is 15.3. The van der Waals surface area contributed by atoms with E-state index in [4.69, 9.17) is 4.74 Å².